The number of benzene rings is 2. The minimum absolute atomic E-state index is 0.219. The van der Waals surface area contributed by atoms with Gasteiger partial charge in [0.2, 0.25) is 0 Å². The molecule has 2 aromatic rings. The van der Waals surface area contributed by atoms with Gasteiger partial charge in [0.15, 0.2) is 11.5 Å². The molecule has 0 aliphatic heterocycles. The third kappa shape index (κ3) is 4.80. The summed E-state index contributed by atoms with van der Waals surface area (Å²) >= 11 is 0. The van der Waals surface area contributed by atoms with Gasteiger partial charge in [-0.05, 0) is 36.8 Å². The Balaban J connectivity index is 1.83. The number of hydrogen-bond donors (Lipinski definition) is 2. The number of ether oxygens (including phenoxy) is 3. The zero-order valence-electron chi connectivity index (χ0n) is 14.8. The second kappa shape index (κ2) is 9.03. The van der Waals surface area contributed by atoms with E-state index >= 15 is 0 Å². The largest absolute Gasteiger partial charge is 0.497 e. The van der Waals surface area contributed by atoms with Crippen LogP contribution in [0.4, 0.5) is 5.69 Å². The summed E-state index contributed by atoms with van der Waals surface area (Å²) in [4.78, 5) is 0. The summed E-state index contributed by atoms with van der Waals surface area (Å²) < 4.78 is 15.8. The molecule has 1 atom stereocenters. The molecule has 5 heteroatoms. The van der Waals surface area contributed by atoms with Crippen LogP contribution in [-0.4, -0.2) is 34.4 Å². The van der Waals surface area contributed by atoms with Crippen molar-refractivity contribution in [1.82, 2.24) is 5.32 Å². The molecule has 0 fully saturated rings. The maximum Gasteiger partial charge on any atom is 0.161 e. The number of hydrogen-bond acceptors (Lipinski definition) is 5. The second-order valence-electron chi connectivity index (χ2n) is 5.45. The molecule has 0 heterocycles. The molecule has 2 N–H and O–H groups in total. The molecule has 0 aromatic heterocycles. The summed E-state index contributed by atoms with van der Waals surface area (Å²) in [5.41, 5.74) is 2.21. The van der Waals surface area contributed by atoms with E-state index in [0.29, 0.717) is 0 Å². The zero-order valence-corrected chi connectivity index (χ0v) is 14.8. The molecule has 0 aliphatic rings. The van der Waals surface area contributed by atoms with Crippen molar-refractivity contribution in [3.05, 3.63) is 48.0 Å². The fourth-order valence-electron chi connectivity index (χ4n) is 2.47. The Hall–Kier alpha value is -2.40. The highest BCUT2D eigenvalue weighted by molar-refractivity contribution is 5.48. The van der Waals surface area contributed by atoms with E-state index in [4.69, 9.17) is 14.2 Å². The maximum atomic E-state index is 5.36. The predicted octanol–water partition coefficient (Wildman–Crippen LogP) is 3.48. The van der Waals surface area contributed by atoms with Gasteiger partial charge < -0.3 is 24.8 Å². The van der Waals surface area contributed by atoms with Crippen molar-refractivity contribution in [3.63, 3.8) is 0 Å². The van der Waals surface area contributed by atoms with E-state index < -0.39 is 0 Å². The number of nitrogens with one attached hydrogen (secondary N) is 2. The summed E-state index contributed by atoms with van der Waals surface area (Å²) in [6.07, 6.45) is 0. The number of methoxy groups -OCH3 is 3. The molecule has 0 radical (unpaired) electrons. The smallest absolute Gasteiger partial charge is 0.161 e. The molecule has 0 aliphatic carbocycles. The fourth-order valence-corrected chi connectivity index (χ4v) is 2.47. The molecule has 0 saturated carbocycles. The van der Waals surface area contributed by atoms with Gasteiger partial charge in [-0.3, -0.25) is 0 Å². The highest BCUT2D eigenvalue weighted by Gasteiger charge is 2.09. The second-order valence-corrected chi connectivity index (χ2v) is 5.45. The summed E-state index contributed by atoms with van der Waals surface area (Å²) in [6, 6.07) is 14.1. The van der Waals surface area contributed by atoms with Gasteiger partial charge in [-0.2, -0.15) is 0 Å². The Morgan fingerprint density at radius 3 is 2.38 bits per heavy atom. The highest BCUT2D eigenvalue weighted by Crippen LogP contribution is 2.29. The summed E-state index contributed by atoms with van der Waals surface area (Å²) in [5, 5.41) is 6.88. The fraction of sp³-hybridized carbons (Fsp3) is 0.368. The summed E-state index contributed by atoms with van der Waals surface area (Å²) in [7, 11) is 4.96. The van der Waals surface area contributed by atoms with Crippen LogP contribution < -0.4 is 24.8 Å². The molecule has 2 rings (SSSR count). The molecule has 1 unspecified atom stereocenters. The first-order chi connectivity index (χ1) is 11.7. The molecule has 5 nitrogen and oxygen atoms in total. The minimum Gasteiger partial charge on any atom is -0.497 e. The Morgan fingerprint density at radius 1 is 0.875 bits per heavy atom. The Morgan fingerprint density at radius 2 is 1.67 bits per heavy atom. The normalized spacial score (nSPS) is 11.7. The lowest BCUT2D eigenvalue weighted by molar-refractivity contribution is 0.354. The molecule has 0 saturated heterocycles. The molecular weight excluding hydrogens is 304 g/mol. The van der Waals surface area contributed by atoms with Crippen LogP contribution in [0.5, 0.6) is 17.2 Å². The van der Waals surface area contributed by atoms with Crippen molar-refractivity contribution >= 4 is 5.69 Å². The first-order valence-corrected chi connectivity index (χ1v) is 8.01. The molecule has 2 aromatic carbocycles. The lowest BCUT2D eigenvalue weighted by Crippen LogP contribution is -2.25. The van der Waals surface area contributed by atoms with Gasteiger partial charge in [0.05, 0.1) is 21.3 Å². The van der Waals surface area contributed by atoms with Crippen molar-refractivity contribution in [1.29, 1.82) is 0 Å². The average Bonchev–Trinajstić information content (AvgIpc) is 2.64. The zero-order chi connectivity index (χ0) is 17.4. The van der Waals surface area contributed by atoms with Crippen molar-refractivity contribution in [2.24, 2.45) is 0 Å². The lowest BCUT2D eigenvalue weighted by atomic mass is 10.1. The third-order valence-electron chi connectivity index (χ3n) is 3.88. The molecular formula is C19H26N2O3. The van der Waals surface area contributed by atoms with E-state index in [0.717, 1.165) is 41.6 Å². The quantitative estimate of drug-likeness (QED) is 0.690. The van der Waals surface area contributed by atoms with Gasteiger partial charge in [-0.25, -0.2) is 0 Å². The topological polar surface area (TPSA) is 51.8 Å². The van der Waals surface area contributed by atoms with Gasteiger partial charge in [0, 0.05) is 30.9 Å². The Bertz CT molecular complexity index is 646. The van der Waals surface area contributed by atoms with Gasteiger partial charge in [0.25, 0.3) is 0 Å². The number of rotatable bonds is 9. The Labute approximate surface area is 143 Å². The predicted molar refractivity (Wildman–Crippen MR) is 97.4 cm³/mol. The van der Waals surface area contributed by atoms with E-state index in [9.17, 15) is 0 Å². The van der Waals surface area contributed by atoms with E-state index in [1.54, 1.807) is 21.3 Å². The molecule has 0 spiro atoms. The van der Waals surface area contributed by atoms with E-state index in [2.05, 4.69) is 23.6 Å². The number of anilines is 1. The van der Waals surface area contributed by atoms with Gasteiger partial charge >= 0.3 is 0 Å². The SMILES string of the molecule is COc1cccc(NCCNC(C)c2ccc(OC)c(OC)c2)c1. The summed E-state index contributed by atoms with van der Waals surface area (Å²) in [5.74, 6) is 2.35. The highest BCUT2D eigenvalue weighted by atomic mass is 16.5. The van der Waals surface area contributed by atoms with Crippen LogP contribution in [0.25, 0.3) is 0 Å². The van der Waals surface area contributed by atoms with Crippen molar-refractivity contribution < 1.29 is 14.2 Å². The summed E-state index contributed by atoms with van der Waals surface area (Å²) in [6.45, 7) is 3.80. The molecule has 24 heavy (non-hydrogen) atoms. The first kappa shape index (κ1) is 17.9. The van der Waals surface area contributed by atoms with Crippen LogP contribution in [0.2, 0.25) is 0 Å². The van der Waals surface area contributed by atoms with Gasteiger partial charge in [-0.1, -0.05) is 12.1 Å². The monoisotopic (exact) mass is 330 g/mol. The van der Waals surface area contributed by atoms with Gasteiger partial charge in [-0.15, -0.1) is 0 Å². The standard InChI is InChI=1S/C19H26N2O3/c1-14(15-8-9-18(23-3)19(12-15)24-4)20-10-11-21-16-6-5-7-17(13-16)22-2/h5-9,12-14,20-21H,10-11H2,1-4H3. The van der Waals surface area contributed by atoms with Crippen LogP contribution >= 0.6 is 0 Å². The first-order valence-electron chi connectivity index (χ1n) is 8.01. The molecule has 0 bridgehead atoms. The van der Waals surface area contributed by atoms with Crippen LogP contribution in [-0.2, 0) is 0 Å². The van der Waals surface area contributed by atoms with Crippen LogP contribution in [0.1, 0.15) is 18.5 Å². The van der Waals surface area contributed by atoms with Crippen LogP contribution in [0.15, 0.2) is 42.5 Å². The van der Waals surface area contributed by atoms with Crippen LogP contribution in [0.3, 0.4) is 0 Å². The van der Waals surface area contributed by atoms with Crippen molar-refractivity contribution in [3.8, 4) is 17.2 Å². The van der Waals surface area contributed by atoms with E-state index in [1.165, 1.54) is 0 Å². The maximum absolute atomic E-state index is 5.36. The van der Waals surface area contributed by atoms with Crippen molar-refractivity contribution in [2.75, 3.05) is 39.7 Å². The van der Waals surface area contributed by atoms with E-state index in [1.807, 2.05) is 36.4 Å². The molecule has 0 amide bonds. The van der Waals surface area contributed by atoms with E-state index in [-0.39, 0.29) is 6.04 Å². The minimum atomic E-state index is 0.219. The third-order valence-corrected chi connectivity index (χ3v) is 3.88. The van der Waals surface area contributed by atoms with Gasteiger partial charge in [0.1, 0.15) is 5.75 Å². The van der Waals surface area contributed by atoms with Crippen molar-refractivity contribution in [2.45, 2.75) is 13.0 Å². The average molecular weight is 330 g/mol. The van der Waals surface area contributed by atoms with Crippen LogP contribution in [0, 0.1) is 0 Å². The lowest BCUT2D eigenvalue weighted by Gasteiger charge is -2.17. The Kier molecular flexibility index (Phi) is 6.75. The molecule has 130 valence electrons.